The summed E-state index contributed by atoms with van der Waals surface area (Å²) in [7, 11) is -0.820. The van der Waals surface area contributed by atoms with Crippen LogP contribution in [0.25, 0.3) is 0 Å². The summed E-state index contributed by atoms with van der Waals surface area (Å²) in [5.74, 6) is 1.06. The average Bonchev–Trinajstić information content (AvgIpc) is 1.87. The minimum absolute atomic E-state index is 0.0227. The fourth-order valence-electron chi connectivity index (χ4n) is 0.524. The predicted octanol–water partition coefficient (Wildman–Crippen LogP) is -0.199. The predicted molar refractivity (Wildman–Crippen MR) is 50.4 cm³/mol. The Morgan fingerprint density at radius 2 is 2.27 bits per heavy atom. The molecule has 1 amide bonds. The molecule has 0 aromatic carbocycles. The number of carbonyl (C=O) groups excluding carboxylic acids is 1. The monoisotopic (exact) mass is 195 g/mol. The Bertz CT molecular complexity index is 150. The van der Waals surface area contributed by atoms with Crippen molar-refractivity contribution in [3.05, 3.63) is 0 Å². The van der Waals surface area contributed by atoms with E-state index in [0.29, 0.717) is 24.5 Å². The Morgan fingerprint density at radius 1 is 1.64 bits per heavy atom. The van der Waals surface area contributed by atoms with Gasteiger partial charge in [-0.05, 0) is 5.75 Å². The third-order valence-electron chi connectivity index (χ3n) is 1.05. The van der Waals surface area contributed by atoms with Crippen molar-refractivity contribution in [2.45, 2.75) is 6.42 Å². The summed E-state index contributed by atoms with van der Waals surface area (Å²) in [6, 6.07) is 0. The zero-order valence-electron chi connectivity index (χ0n) is 6.50. The van der Waals surface area contributed by atoms with E-state index in [0.717, 1.165) is 0 Å². The SMILES string of the molecule is CS(=O)CCNC(=O)CCS. The van der Waals surface area contributed by atoms with Crippen LogP contribution in [-0.2, 0) is 15.6 Å². The van der Waals surface area contributed by atoms with E-state index in [9.17, 15) is 9.00 Å². The highest BCUT2D eigenvalue weighted by molar-refractivity contribution is 7.84. The van der Waals surface area contributed by atoms with Gasteiger partial charge in [0.2, 0.25) is 5.91 Å². The summed E-state index contributed by atoms with van der Waals surface area (Å²) < 4.78 is 10.5. The lowest BCUT2D eigenvalue weighted by molar-refractivity contribution is -0.120. The summed E-state index contributed by atoms with van der Waals surface area (Å²) in [6.45, 7) is 0.496. The molecule has 1 atom stereocenters. The molecule has 1 N–H and O–H groups in total. The van der Waals surface area contributed by atoms with Crippen LogP contribution in [0.2, 0.25) is 0 Å². The number of thiol groups is 1. The lowest BCUT2D eigenvalue weighted by atomic mass is 10.4. The largest absolute Gasteiger partial charge is 0.355 e. The van der Waals surface area contributed by atoms with Gasteiger partial charge in [0, 0.05) is 35.8 Å². The van der Waals surface area contributed by atoms with Crippen LogP contribution in [0.5, 0.6) is 0 Å². The second-order valence-electron chi connectivity index (χ2n) is 2.10. The van der Waals surface area contributed by atoms with Crippen molar-refractivity contribution in [3.63, 3.8) is 0 Å². The zero-order chi connectivity index (χ0) is 8.69. The summed E-state index contributed by atoms with van der Waals surface area (Å²) in [5, 5.41) is 2.63. The lowest BCUT2D eigenvalue weighted by Crippen LogP contribution is -2.27. The molecular weight excluding hydrogens is 182 g/mol. The van der Waals surface area contributed by atoms with Crippen molar-refractivity contribution in [3.8, 4) is 0 Å². The van der Waals surface area contributed by atoms with Gasteiger partial charge in [-0.3, -0.25) is 9.00 Å². The molecule has 1 unspecified atom stereocenters. The first-order chi connectivity index (χ1) is 5.16. The van der Waals surface area contributed by atoms with Gasteiger partial charge >= 0.3 is 0 Å². The normalized spacial score (nSPS) is 12.5. The third kappa shape index (κ3) is 7.87. The quantitative estimate of drug-likeness (QED) is 0.597. The standard InChI is InChI=1S/C6H13NO2S2/c1-11(9)5-3-7-6(8)2-4-10/h10H,2-5H2,1H3,(H,7,8). The highest BCUT2D eigenvalue weighted by atomic mass is 32.2. The summed E-state index contributed by atoms with van der Waals surface area (Å²) in [6.07, 6.45) is 2.05. The highest BCUT2D eigenvalue weighted by Gasteiger charge is 1.97. The van der Waals surface area contributed by atoms with Gasteiger partial charge in [0.25, 0.3) is 0 Å². The molecule has 0 spiro atoms. The van der Waals surface area contributed by atoms with E-state index in [1.807, 2.05) is 0 Å². The molecule has 0 heterocycles. The lowest BCUT2D eigenvalue weighted by Gasteiger charge is -2.00. The maximum Gasteiger partial charge on any atom is 0.220 e. The van der Waals surface area contributed by atoms with Crippen LogP contribution in [0.1, 0.15) is 6.42 Å². The second-order valence-corrected chi connectivity index (χ2v) is 4.10. The van der Waals surface area contributed by atoms with E-state index in [1.165, 1.54) is 0 Å². The number of hydrogen-bond donors (Lipinski definition) is 2. The molecule has 11 heavy (non-hydrogen) atoms. The van der Waals surface area contributed by atoms with Crippen LogP contribution in [0, 0.1) is 0 Å². The van der Waals surface area contributed by atoms with E-state index >= 15 is 0 Å². The van der Waals surface area contributed by atoms with Crippen molar-refractivity contribution in [1.29, 1.82) is 0 Å². The van der Waals surface area contributed by atoms with Gasteiger partial charge in [0.15, 0.2) is 0 Å². The van der Waals surface area contributed by atoms with E-state index < -0.39 is 10.8 Å². The van der Waals surface area contributed by atoms with Gasteiger partial charge < -0.3 is 5.32 Å². The molecule has 0 aromatic rings. The number of hydrogen-bond acceptors (Lipinski definition) is 3. The van der Waals surface area contributed by atoms with E-state index in [-0.39, 0.29) is 5.91 Å². The molecule has 0 bridgehead atoms. The number of carbonyl (C=O) groups is 1. The molecule has 0 saturated heterocycles. The van der Waals surface area contributed by atoms with Crippen molar-refractivity contribution < 1.29 is 9.00 Å². The van der Waals surface area contributed by atoms with Gasteiger partial charge in [0.1, 0.15) is 0 Å². The minimum atomic E-state index is -0.820. The minimum Gasteiger partial charge on any atom is -0.355 e. The Kier molecular flexibility index (Phi) is 6.65. The van der Waals surface area contributed by atoms with Crippen molar-refractivity contribution in [1.82, 2.24) is 5.32 Å². The van der Waals surface area contributed by atoms with Gasteiger partial charge in [0.05, 0.1) is 0 Å². The second kappa shape index (κ2) is 6.67. The van der Waals surface area contributed by atoms with Crippen molar-refractivity contribution >= 4 is 29.3 Å². The molecule has 3 nitrogen and oxygen atoms in total. The maximum atomic E-state index is 10.8. The van der Waals surface area contributed by atoms with E-state index in [1.54, 1.807) is 6.26 Å². The smallest absolute Gasteiger partial charge is 0.220 e. The van der Waals surface area contributed by atoms with Gasteiger partial charge in [-0.25, -0.2) is 0 Å². The molecule has 0 rings (SSSR count). The summed E-state index contributed by atoms with van der Waals surface area (Å²) >= 11 is 3.90. The fourth-order valence-corrected chi connectivity index (χ4v) is 1.12. The van der Waals surface area contributed by atoms with Crippen molar-refractivity contribution in [2.75, 3.05) is 24.3 Å². The Morgan fingerprint density at radius 3 is 2.73 bits per heavy atom. The van der Waals surface area contributed by atoms with Crippen LogP contribution >= 0.6 is 12.6 Å². The number of nitrogens with one attached hydrogen (secondary N) is 1. The van der Waals surface area contributed by atoms with E-state index in [2.05, 4.69) is 17.9 Å². The Balaban J connectivity index is 3.24. The first kappa shape index (κ1) is 11.0. The van der Waals surface area contributed by atoms with Gasteiger partial charge in [-0.2, -0.15) is 12.6 Å². The fraction of sp³-hybridized carbons (Fsp3) is 0.833. The Hall–Kier alpha value is -0.0300. The molecule has 0 saturated carbocycles. The van der Waals surface area contributed by atoms with Crippen LogP contribution in [0.4, 0.5) is 0 Å². The van der Waals surface area contributed by atoms with Crippen LogP contribution in [0.15, 0.2) is 0 Å². The van der Waals surface area contributed by atoms with Crippen LogP contribution < -0.4 is 5.32 Å². The summed E-state index contributed by atoms with van der Waals surface area (Å²) in [5.41, 5.74) is 0. The zero-order valence-corrected chi connectivity index (χ0v) is 8.21. The van der Waals surface area contributed by atoms with E-state index in [4.69, 9.17) is 0 Å². The topological polar surface area (TPSA) is 46.2 Å². The van der Waals surface area contributed by atoms with Crippen LogP contribution in [-0.4, -0.2) is 34.4 Å². The number of rotatable bonds is 5. The number of amides is 1. The molecule has 66 valence electrons. The molecule has 0 aliphatic rings. The molecular formula is C6H13NO2S2. The van der Waals surface area contributed by atoms with Crippen LogP contribution in [0.3, 0.4) is 0 Å². The Labute approximate surface area is 74.8 Å². The molecule has 0 aromatic heterocycles. The first-order valence-corrected chi connectivity index (χ1v) is 5.70. The first-order valence-electron chi connectivity index (χ1n) is 3.34. The molecule has 0 aliphatic heterocycles. The average molecular weight is 195 g/mol. The molecule has 0 radical (unpaired) electrons. The highest BCUT2D eigenvalue weighted by Crippen LogP contribution is 1.82. The molecule has 5 heteroatoms. The molecule has 0 fully saturated rings. The van der Waals surface area contributed by atoms with Crippen molar-refractivity contribution in [2.24, 2.45) is 0 Å². The van der Waals surface area contributed by atoms with Gasteiger partial charge in [-0.1, -0.05) is 0 Å². The van der Waals surface area contributed by atoms with Gasteiger partial charge in [-0.15, -0.1) is 0 Å². The third-order valence-corrected chi connectivity index (χ3v) is 2.05. The summed E-state index contributed by atoms with van der Waals surface area (Å²) in [4.78, 5) is 10.8. The molecule has 0 aliphatic carbocycles. The maximum absolute atomic E-state index is 10.8.